The molecule has 1 aliphatic carbocycles. The van der Waals surface area contributed by atoms with Crippen molar-refractivity contribution in [2.75, 3.05) is 0 Å². The zero-order valence-corrected chi connectivity index (χ0v) is 14.2. The van der Waals surface area contributed by atoms with Crippen molar-refractivity contribution < 1.29 is 0 Å². The Morgan fingerprint density at radius 1 is 1.25 bits per heavy atom. The monoisotopic (exact) mass is 291 g/mol. The van der Waals surface area contributed by atoms with E-state index in [0.29, 0.717) is 16.7 Å². The molecule has 112 valence electrons. The van der Waals surface area contributed by atoms with Gasteiger partial charge in [-0.25, -0.2) is 0 Å². The number of hydrogen-bond acceptors (Lipinski definition) is 2. The van der Waals surface area contributed by atoms with Crippen LogP contribution in [0.4, 0.5) is 0 Å². The van der Waals surface area contributed by atoms with E-state index >= 15 is 0 Å². The van der Waals surface area contributed by atoms with Gasteiger partial charge in [-0.3, -0.25) is 0 Å². The first-order chi connectivity index (χ1) is 9.36. The number of hydrogen-bond donors (Lipinski definition) is 1. The van der Waals surface area contributed by atoms with Crippen LogP contribution >= 0.6 is 11.8 Å². The highest BCUT2D eigenvalue weighted by molar-refractivity contribution is 7.99. The minimum absolute atomic E-state index is 0.378. The molecule has 0 saturated heterocycles. The van der Waals surface area contributed by atoms with E-state index in [1.807, 2.05) is 0 Å². The first-order valence-electron chi connectivity index (χ1n) is 7.79. The molecule has 0 bridgehead atoms. The van der Waals surface area contributed by atoms with Crippen molar-refractivity contribution in [3.63, 3.8) is 0 Å². The van der Waals surface area contributed by atoms with Crippen LogP contribution in [-0.4, -0.2) is 11.3 Å². The summed E-state index contributed by atoms with van der Waals surface area (Å²) in [7, 11) is 0. The van der Waals surface area contributed by atoms with Gasteiger partial charge >= 0.3 is 0 Å². The fourth-order valence-electron chi connectivity index (χ4n) is 3.14. The van der Waals surface area contributed by atoms with E-state index in [4.69, 9.17) is 5.73 Å². The molecule has 0 heterocycles. The molecule has 1 fully saturated rings. The molecule has 0 radical (unpaired) electrons. The van der Waals surface area contributed by atoms with E-state index in [1.165, 1.54) is 30.4 Å². The summed E-state index contributed by atoms with van der Waals surface area (Å²) in [5.74, 6) is 1.91. The molecule has 2 heteroatoms. The Morgan fingerprint density at radius 2 is 2.00 bits per heavy atom. The van der Waals surface area contributed by atoms with Crippen molar-refractivity contribution in [2.24, 2.45) is 17.1 Å². The SMILES string of the molecule is Cc1cccc(CSC2CC(C(C)(C)C)CCC2N)c1. The summed E-state index contributed by atoms with van der Waals surface area (Å²) in [5.41, 5.74) is 9.56. The second-order valence-electron chi connectivity index (χ2n) is 7.38. The summed E-state index contributed by atoms with van der Waals surface area (Å²) in [5, 5.41) is 0.619. The first-order valence-corrected chi connectivity index (χ1v) is 8.84. The first kappa shape index (κ1) is 15.9. The minimum Gasteiger partial charge on any atom is -0.327 e. The maximum absolute atomic E-state index is 6.36. The second kappa shape index (κ2) is 6.53. The van der Waals surface area contributed by atoms with Crippen LogP contribution in [0.2, 0.25) is 0 Å². The molecule has 20 heavy (non-hydrogen) atoms. The lowest BCUT2D eigenvalue weighted by Crippen LogP contribution is -2.41. The van der Waals surface area contributed by atoms with Crippen LogP contribution in [-0.2, 0) is 5.75 Å². The van der Waals surface area contributed by atoms with Crippen LogP contribution in [0.3, 0.4) is 0 Å². The number of benzene rings is 1. The van der Waals surface area contributed by atoms with Gasteiger partial charge in [0.15, 0.2) is 0 Å². The Morgan fingerprint density at radius 3 is 2.65 bits per heavy atom. The zero-order valence-electron chi connectivity index (χ0n) is 13.4. The zero-order chi connectivity index (χ0) is 14.8. The van der Waals surface area contributed by atoms with Gasteiger partial charge in [0.05, 0.1) is 0 Å². The molecule has 0 spiro atoms. The fraction of sp³-hybridized carbons (Fsp3) is 0.667. The number of aryl methyl sites for hydroxylation is 1. The van der Waals surface area contributed by atoms with E-state index < -0.39 is 0 Å². The molecule has 1 nitrogen and oxygen atoms in total. The average Bonchev–Trinajstić information content (AvgIpc) is 2.36. The van der Waals surface area contributed by atoms with Crippen LogP contribution in [0.5, 0.6) is 0 Å². The smallest absolute Gasteiger partial charge is 0.0205 e. The van der Waals surface area contributed by atoms with Gasteiger partial charge in [0, 0.05) is 17.0 Å². The highest BCUT2D eigenvalue weighted by Gasteiger charge is 2.34. The minimum atomic E-state index is 0.378. The predicted molar refractivity (Wildman–Crippen MR) is 91.0 cm³/mol. The van der Waals surface area contributed by atoms with E-state index in [2.05, 4.69) is 63.7 Å². The Hall–Kier alpha value is -0.470. The standard InChI is InChI=1S/C18H29NS/c1-13-6-5-7-14(10-13)12-20-17-11-15(18(2,3)4)8-9-16(17)19/h5-7,10,15-17H,8-9,11-12,19H2,1-4H3. The molecule has 1 aliphatic rings. The van der Waals surface area contributed by atoms with E-state index in [9.17, 15) is 0 Å². The van der Waals surface area contributed by atoms with Crippen molar-refractivity contribution in [1.29, 1.82) is 0 Å². The highest BCUT2D eigenvalue weighted by atomic mass is 32.2. The van der Waals surface area contributed by atoms with Gasteiger partial charge in [-0.1, -0.05) is 50.6 Å². The third-order valence-corrected chi connectivity index (χ3v) is 6.08. The van der Waals surface area contributed by atoms with Crippen LogP contribution in [0.15, 0.2) is 24.3 Å². The molecular weight excluding hydrogens is 262 g/mol. The summed E-state index contributed by atoms with van der Waals surface area (Å²) < 4.78 is 0. The molecule has 0 aromatic heterocycles. The molecule has 2 N–H and O–H groups in total. The predicted octanol–water partition coefficient (Wildman–Crippen LogP) is 4.77. The molecule has 1 aromatic carbocycles. The second-order valence-corrected chi connectivity index (χ2v) is 8.61. The number of thioether (sulfide) groups is 1. The van der Waals surface area contributed by atoms with Gasteiger partial charge in [-0.15, -0.1) is 0 Å². The fourth-order valence-corrected chi connectivity index (χ4v) is 4.47. The van der Waals surface area contributed by atoms with Crippen molar-refractivity contribution in [3.8, 4) is 0 Å². The Bertz CT molecular complexity index is 435. The Kier molecular flexibility index (Phi) is 5.19. The molecule has 3 unspecified atom stereocenters. The molecule has 2 rings (SSSR count). The lowest BCUT2D eigenvalue weighted by molar-refractivity contribution is 0.174. The third kappa shape index (κ3) is 4.26. The normalized spacial score (nSPS) is 27.6. The van der Waals surface area contributed by atoms with Gasteiger partial charge in [0.1, 0.15) is 0 Å². The van der Waals surface area contributed by atoms with E-state index in [-0.39, 0.29) is 0 Å². The number of rotatable bonds is 3. The van der Waals surface area contributed by atoms with Crippen molar-refractivity contribution in [1.82, 2.24) is 0 Å². The van der Waals surface area contributed by atoms with Gasteiger partial charge in [-0.2, -0.15) is 11.8 Å². The number of nitrogens with two attached hydrogens (primary N) is 1. The summed E-state index contributed by atoms with van der Waals surface area (Å²) in [6, 6.07) is 9.22. The van der Waals surface area contributed by atoms with Gasteiger partial charge < -0.3 is 5.73 Å². The third-order valence-electron chi connectivity index (χ3n) is 4.61. The van der Waals surface area contributed by atoms with Gasteiger partial charge in [0.25, 0.3) is 0 Å². The summed E-state index contributed by atoms with van der Waals surface area (Å²) in [6.07, 6.45) is 3.76. The molecule has 3 atom stereocenters. The lowest BCUT2D eigenvalue weighted by atomic mass is 9.71. The molecule has 0 amide bonds. The van der Waals surface area contributed by atoms with Gasteiger partial charge in [-0.05, 0) is 43.1 Å². The molecule has 1 saturated carbocycles. The largest absolute Gasteiger partial charge is 0.327 e. The van der Waals surface area contributed by atoms with Crippen LogP contribution < -0.4 is 5.73 Å². The maximum Gasteiger partial charge on any atom is 0.0205 e. The quantitative estimate of drug-likeness (QED) is 0.868. The van der Waals surface area contributed by atoms with Gasteiger partial charge in [0.2, 0.25) is 0 Å². The van der Waals surface area contributed by atoms with E-state index in [1.54, 1.807) is 0 Å². The highest BCUT2D eigenvalue weighted by Crippen LogP contribution is 2.41. The lowest BCUT2D eigenvalue weighted by Gasteiger charge is -2.40. The summed E-state index contributed by atoms with van der Waals surface area (Å²) >= 11 is 2.06. The van der Waals surface area contributed by atoms with Crippen LogP contribution in [0.25, 0.3) is 0 Å². The van der Waals surface area contributed by atoms with Crippen molar-refractivity contribution in [2.45, 2.75) is 64.0 Å². The average molecular weight is 292 g/mol. The van der Waals surface area contributed by atoms with Crippen LogP contribution in [0, 0.1) is 18.3 Å². The van der Waals surface area contributed by atoms with E-state index in [0.717, 1.165) is 11.7 Å². The van der Waals surface area contributed by atoms with Crippen molar-refractivity contribution in [3.05, 3.63) is 35.4 Å². The molecular formula is C18H29NS. The van der Waals surface area contributed by atoms with Crippen molar-refractivity contribution >= 4 is 11.8 Å². The topological polar surface area (TPSA) is 26.0 Å². The Balaban J connectivity index is 1.93. The molecule has 0 aliphatic heterocycles. The summed E-state index contributed by atoms with van der Waals surface area (Å²) in [6.45, 7) is 9.28. The summed E-state index contributed by atoms with van der Waals surface area (Å²) in [4.78, 5) is 0. The molecule has 1 aromatic rings. The maximum atomic E-state index is 6.36. The Labute approximate surface area is 128 Å². The van der Waals surface area contributed by atoms with Crippen LogP contribution in [0.1, 0.15) is 51.2 Å².